The molecule has 3 amide bonds. The Morgan fingerprint density at radius 1 is 1.22 bits per heavy atom. The second-order valence-electron chi connectivity index (χ2n) is 8.34. The summed E-state index contributed by atoms with van der Waals surface area (Å²) in [5, 5.41) is 13.0. The highest BCUT2D eigenvalue weighted by Crippen LogP contribution is 2.49. The smallest absolute Gasteiger partial charge is 0.322 e. The topological polar surface area (TPSA) is 72.9 Å². The third kappa shape index (κ3) is 3.00. The van der Waals surface area contributed by atoms with Crippen molar-refractivity contribution < 1.29 is 14.7 Å². The first-order valence-electron chi connectivity index (χ1n) is 10.1. The average molecular weight is 371 g/mol. The van der Waals surface area contributed by atoms with Crippen molar-refractivity contribution in [3.05, 3.63) is 29.8 Å². The van der Waals surface area contributed by atoms with Gasteiger partial charge in [-0.25, -0.2) is 4.79 Å². The fraction of sp³-hybridized carbons (Fsp3) is 0.619. The number of hydrogen-bond donors (Lipinski definition) is 2. The molecular formula is C21H29N3O3. The molecule has 0 spiro atoms. The maximum absolute atomic E-state index is 13.1. The van der Waals surface area contributed by atoms with Gasteiger partial charge in [0.1, 0.15) is 0 Å². The molecule has 0 bridgehead atoms. The van der Waals surface area contributed by atoms with Crippen LogP contribution in [0.1, 0.15) is 51.0 Å². The van der Waals surface area contributed by atoms with Crippen molar-refractivity contribution in [2.24, 2.45) is 5.92 Å². The number of benzene rings is 1. The van der Waals surface area contributed by atoms with Crippen LogP contribution in [0.4, 0.5) is 10.5 Å². The highest BCUT2D eigenvalue weighted by atomic mass is 16.3. The molecule has 3 atom stereocenters. The second-order valence-corrected chi connectivity index (χ2v) is 8.34. The van der Waals surface area contributed by atoms with Crippen molar-refractivity contribution in [2.75, 3.05) is 18.1 Å². The predicted octanol–water partition coefficient (Wildman–Crippen LogP) is 2.47. The van der Waals surface area contributed by atoms with E-state index < -0.39 is 0 Å². The predicted molar refractivity (Wildman–Crippen MR) is 104 cm³/mol. The molecule has 1 aromatic rings. The zero-order valence-corrected chi connectivity index (χ0v) is 16.1. The highest BCUT2D eigenvalue weighted by molar-refractivity contribution is 5.94. The lowest BCUT2D eigenvalue weighted by Gasteiger charge is -2.59. The number of fused-ring (bicyclic) bond motifs is 3. The van der Waals surface area contributed by atoms with Crippen molar-refractivity contribution in [2.45, 2.75) is 63.6 Å². The van der Waals surface area contributed by atoms with Gasteiger partial charge in [-0.2, -0.15) is 0 Å². The van der Waals surface area contributed by atoms with Crippen molar-refractivity contribution in [3.8, 4) is 0 Å². The quantitative estimate of drug-likeness (QED) is 0.857. The van der Waals surface area contributed by atoms with Crippen LogP contribution in [0.15, 0.2) is 24.3 Å². The standard InChI is InChI=1S/C21H29N3O3/c1-13(2)22-21(27)23-11-17-19(15-9-5-6-10-16(15)23)18(12-25)24(17)20(26)14-7-3-4-8-14/h5-6,9-10,13-14,17-19,25H,3-4,7-8,11-12H2,1-2H3,(H,22,27)/t17-,18-,19+/m1/s1. The molecular weight excluding hydrogens is 342 g/mol. The zero-order valence-electron chi connectivity index (χ0n) is 16.1. The van der Waals surface area contributed by atoms with Crippen LogP contribution in [-0.2, 0) is 4.79 Å². The summed E-state index contributed by atoms with van der Waals surface area (Å²) in [6, 6.07) is 7.58. The monoisotopic (exact) mass is 371 g/mol. The lowest BCUT2D eigenvalue weighted by Crippen LogP contribution is -2.71. The maximum Gasteiger partial charge on any atom is 0.322 e. The number of carbonyl (C=O) groups is 2. The lowest BCUT2D eigenvalue weighted by atomic mass is 9.71. The molecule has 1 aromatic carbocycles. The third-order valence-corrected chi connectivity index (χ3v) is 6.30. The first kappa shape index (κ1) is 18.3. The van der Waals surface area contributed by atoms with E-state index in [9.17, 15) is 14.7 Å². The minimum Gasteiger partial charge on any atom is -0.394 e. The molecule has 0 radical (unpaired) electrons. The summed E-state index contributed by atoms with van der Waals surface area (Å²) in [4.78, 5) is 29.6. The van der Waals surface area contributed by atoms with Gasteiger partial charge >= 0.3 is 6.03 Å². The van der Waals surface area contributed by atoms with Crippen molar-refractivity contribution in [1.82, 2.24) is 10.2 Å². The van der Waals surface area contributed by atoms with Crippen LogP contribution < -0.4 is 10.2 Å². The summed E-state index contributed by atoms with van der Waals surface area (Å²) < 4.78 is 0. The Bertz CT molecular complexity index is 729. The van der Waals surface area contributed by atoms with Gasteiger partial charge < -0.3 is 15.3 Å². The Labute approximate surface area is 160 Å². The number of anilines is 1. The molecule has 0 aromatic heterocycles. The molecule has 1 saturated heterocycles. The molecule has 146 valence electrons. The van der Waals surface area contributed by atoms with E-state index in [2.05, 4.69) is 5.32 Å². The van der Waals surface area contributed by atoms with E-state index in [0.717, 1.165) is 36.9 Å². The number of rotatable bonds is 3. The Morgan fingerprint density at radius 2 is 1.93 bits per heavy atom. The number of urea groups is 1. The van der Waals surface area contributed by atoms with Crippen molar-refractivity contribution in [3.63, 3.8) is 0 Å². The SMILES string of the molecule is CC(C)NC(=O)N1C[C@@H]2[C@H](c3ccccc31)[C@@H](CO)N2C(=O)C1CCCC1. The number of amides is 3. The largest absolute Gasteiger partial charge is 0.394 e. The molecule has 6 nitrogen and oxygen atoms in total. The van der Waals surface area contributed by atoms with Crippen LogP contribution in [0, 0.1) is 5.92 Å². The number of aliphatic hydroxyl groups is 1. The average Bonchev–Trinajstić information content (AvgIpc) is 3.16. The summed E-state index contributed by atoms with van der Waals surface area (Å²) in [5.41, 5.74) is 1.95. The van der Waals surface area contributed by atoms with Gasteiger partial charge in [0, 0.05) is 30.1 Å². The number of para-hydroxylation sites is 1. The van der Waals surface area contributed by atoms with Crippen LogP contribution in [0.3, 0.4) is 0 Å². The van der Waals surface area contributed by atoms with E-state index in [1.165, 1.54) is 0 Å². The molecule has 2 N–H and O–H groups in total. The molecule has 2 heterocycles. The minimum atomic E-state index is -0.181. The minimum absolute atomic E-state index is 0.0356. The highest BCUT2D eigenvalue weighted by Gasteiger charge is 2.56. The van der Waals surface area contributed by atoms with Gasteiger partial charge in [-0.1, -0.05) is 31.0 Å². The third-order valence-electron chi connectivity index (χ3n) is 6.30. The van der Waals surface area contributed by atoms with Crippen LogP contribution in [0.2, 0.25) is 0 Å². The first-order chi connectivity index (χ1) is 13.0. The zero-order chi connectivity index (χ0) is 19.1. The molecule has 2 aliphatic heterocycles. The molecule has 3 aliphatic rings. The van der Waals surface area contributed by atoms with E-state index in [0.29, 0.717) is 6.54 Å². The molecule has 6 heteroatoms. The summed E-state index contributed by atoms with van der Waals surface area (Å²) >= 11 is 0. The van der Waals surface area contributed by atoms with Gasteiger partial charge in [0.25, 0.3) is 0 Å². The van der Waals surface area contributed by atoms with Gasteiger partial charge in [-0.15, -0.1) is 0 Å². The van der Waals surface area contributed by atoms with Gasteiger partial charge in [-0.3, -0.25) is 9.69 Å². The van der Waals surface area contributed by atoms with Crippen LogP contribution in [-0.4, -0.2) is 53.2 Å². The number of carbonyl (C=O) groups excluding carboxylic acids is 2. The maximum atomic E-state index is 13.1. The second kappa shape index (κ2) is 7.15. The number of nitrogens with one attached hydrogen (secondary N) is 1. The van der Waals surface area contributed by atoms with E-state index in [1.807, 2.05) is 43.0 Å². The first-order valence-corrected chi connectivity index (χ1v) is 10.1. The van der Waals surface area contributed by atoms with E-state index >= 15 is 0 Å². The normalized spacial score (nSPS) is 27.2. The van der Waals surface area contributed by atoms with Crippen LogP contribution >= 0.6 is 0 Å². The number of aliphatic hydroxyl groups excluding tert-OH is 1. The fourth-order valence-electron chi connectivity index (χ4n) is 5.09. The van der Waals surface area contributed by atoms with Crippen LogP contribution in [0.5, 0.6) is 0 Å². The Kier molecular flexibility index (Phi) is 4.84. The van der Waals surface area contributed by atoms with Crippen molar-refractivity contribution >= 4 is 17.6 Å². The fourth-order valence-corrected chi connectivity index (χ4v) is 5.09. The molecule has 1 aliphatic carbocycles. The summed E-state index contributed by atoms with van der Waals surface area (Å²) in [6.07, 6.45) is 4.10. The Balaban J connectivity index is 1.65. The molecule has 27 heavy (non-hydrogen) atoms. The van der Waals surface area contributed by atoms with Crippen LogP contribution in [0.25, 0.3) is 0 Å². The van der Waals surface area contributed by atoms with Gasteiger partial charge in [0.05, 0.1) is 18.7 Å². The number of hydrogen-bond acceptors (Lipinski definition) is 3. The Hall–Kier alpha value is -2.08. The summed E-state index contributed by atoms with van der Waals surface area (Å²) in [7, 11) is 0. The molecule has 2 fully saturated rings. The van der Waals surface area contributed by atoms with E-state index in [4.69, 9.17) is 0 Å². The number of likely N-dealkylation sites (tertiary alicyclic amines) is 1. The molecule has 4 rings (SSSR count). The van der Waals surface area contributed by atoms with Gasteiger partial charge in [-0.05, 0) is 38.3 Å². The van der Waals surface area contributed by atoms with Crippen molar-refractivity contribution in [1.29, 1.82) is 0 Å². The van der Waals surface area contributed by atoms with E-state index in [1.54, 1.807) is 4.90 Å². The summed E-state index contributed by atoms with van der Waals surface area (Å²) in [6.45, 7) is 4.33. The number of nitrogens with zero attached hydrogens (tertiary/aromatic N) is 2. The van der Waals surface area contributed by atoms with E-state index in [-0.39, 0.29) is 48.5 Å². The Morgan fingerprint density at radius 3 is 2.59 bits per heavy atom. The molecule has 1 saturated carbocycles. The van der Waals surface area contributed by atoms with Gasteiger partial charge in [0.15, 0.2) is 0 Å². The molecule has 0 unspecified atom stereocenters. The summed E-state index contributed by atoms with van der Waals surface area (Å²) in [5.74, 6) is 0.339. The lowest BCUT2D eigenvalue weighted by molar-refractivity contribution is -0.154. The van der Waals surface area contributed by atoms with Gasteiger partial charge in [0.2, 0.25) is 5.91 Å².